The molecule has 0 spiro atoms. The Hall–Kier alpha value is -1.50. The highest BCUT2D eigenvalue weighted by Gasteiger charge is 2.06. The van der Waals surface area contributed by atoms with Crippen LogP contribution in [0.2, 0.25) is 0 Å². The Balaban J connectivity index is 1.80. The molecule has 2 rings (SSSR count). The van der Waals surface area contributed by atoms with Gasteiger partial charge in [0.2, 0.25) is 0 Å². The van der Waals surface area contributed by atoms with Gasteiger partial charge in [-0.25, -0.2) is 4.52 Å². The van der Waals surface area contributed by atoms with Crippen LogP contribution in [0.25, 0.3) is 5.52 Å². The van der Waals surface area contributed by atoms with Crippen molar-refractivity contribution < 1.29 is 4.74 Å². The lowest BCUT2D eigenvalue weighted by atomic mass is 10.3. The summed E-state index contributed by atoms with van der Waals surface area (Å²) in [4.78, 5) is 6.41. The van der Waals surface area contributed by atoms with Gasteiger partial charge in [0, 0.05) is 51.2 Å². The largest absolute Gasteiger partial charge is 0.383 e. The van der Waals surface area contributed by atoms with Crippen LogP contribution in [-0.4, -0.2) is 59.9 Å². The lowest BCUT2D eigenvalue weighted by Crippen LogP contribution is -2.30. The first kappa shape index (κ1) is 13.9. The van der Waals surface area contributed by atoms with Crippen LogP contribution in [0.4, 0.5) is 0 Å². The third kappa shape index (κ3) is 3.99. The molecule has 19 heavy (non-hydrogen) atoms. The number of hydrogen-bond acceptors (Lipinski definition) is 5. The number of fused-ring (bicyclic) bond motifs is 1. The molecular weight excluding hydrogens is 242 g/mol. The number of nitrogens with zero attached hydrogens (tertiary/aromatic N) is 4. The minimum absolute atomic E-state index is 0.753. The number of hydrogen-bond donors (Lipinski definition) is 1. The van der Waals surface area contributed by atoms with E-state index >= 15 is 0 Å². The van der Waals surface area contributed by atoms with Crippen molar-refractivity contribution in [1.82, 2.24) is 24.8 Å². The molecule has 0 aliphatic carbocycles. The summed E-state index contributed by atoms with van der Waals surface area (Å²) in [6.45, 7) is 4.47. The van der Waals surface area contributed by atoms with Gasteiger partial charge in [0.25, 0.3) is 0 Å². The van der Waals surface area contributed by atoms with Crippen LogP contribution in [0.1, 0.15) is 5.56 Å². The van der Waals surface area contributed by atoms with Gasteiger partial charge in [-0.05, 0) is 7.05 Å². The first-order valence-corrected chi connectivity index (χ1v) is 6.45. The average Bonchev–Trinajstić information content (AvgIpc) is 2.82. The molecule has 0 fully saturated rings. The van der Waals surface area contributed by atoms with Crippen LogP contribution in [0, 0.1) is 0 Å². The van der Waals surface area contributed by atoms with Crippen molar-refractivity contribution in [2.45, 2.75) is 6.54 Å². The van der Waals surface area contributed by atoms with Gasteiger partial charge in [0.05, 0.1) is 24.5 Å². The number of ether oxygens (including phenoxy) is 1. The second-order valence-corrected chi connectivity index (χ2v) is 4.56. The molecule has 0 saturated heterocycles. The summed E-state index contributed by atoms with van der Waals surface area (Å²) in [5, 5.41) is 7.64. The summed E-state index contributed by atoms with van der Waals surface area (Å²) >= 11 is 0. The zero-order valence-electron chi connectivity index (χ0n) is 11.5. The molecule has 2 heterocycles. The molecule has 1 N–H and O–H groups in total. The molecule has 6 nitrogen and oxygen atoms in total. The molecule has 2 aromatic rings. The Kier molecular flexibility index (Phi) is 5.26. The molecule has 0 unspecified atom stereocenters. The number of rotatable bonds is 8. The smallest absolute Gasteiger partial charge is 0.0889 e. The lowest BCUT2D eigenvalue weighted by Gasteiger charge is -2.16. The maximum Gasteiger partial charge on any atom is 0.0889 e. The van der Waals surface area contributed by atoms with Crippen molar-refractivity contribution in [3.63, 3.8) is 0 Å². The third-order valence-corrected chi connectivity index (χ3v) is 3.00. The molecule has 0 bridgehead atoms. The molecule has 104 valence electrons. The molecular formula is C13H21N5O. The molecule has 0 radical (unpaired) electrons. The Bertz CT molecular complexity index is 498. The Labute approximate surface area is 113 Å². The topological polar surface area (TPSA) is 54.7 Å². The normalized spacial score (nSPS) is 11.5. The maximum absolute atomic E-state index is 4.99. The van der Waals surface area contributed by atoms with E-state index in [2.05, 4.69) is 27.3 Å². The molecule has 0 saturated carbocycles. The second-order valence-electron chi connectivity index (χ2n) is 4.56. The van der Waals surface area contributed by atoms with E-state index < -0.39 is 0 Å². The monoisotopic (exact) mass is 263 g/mol. The quantitative estimate of drug-likeness (QED) is 0.699. The van der Waals surface area contributed by atoms with E-state index in [0.717, 1.165) is 38.3 Å². The van der Waals surface area contributed by atoms with E-state index in [1.165, 1.54) is 5.56 Å². The van der Waals surface area contributed by atoms with Crippen molar-refractivity contribution in [2.24, 2.45) is 0 Å². The summed E-state index contributed by atoms with van der Waals surface area (Å²) in [5.74, 6) is 0. The minimum atomic E-state index is 0.753. The summed E-state index contributed by atoms with van der Waals surface area (Å²) in [5.41, 5.74) is 2.27. The van der Waals surface area contributed by atoms with Gasteiger partial charge in [0.15, 0.2) is 0 Å². The van der Waals surface area contributed by atoms with E-state index in [-0.39, 0.29) is 0 Å². The SMILES string of the molecule is COCCNCCN(C)Cc1cnn2ccncc12. The van der Waals surface area contributed by atoms with Crippen LogP contribution in [0.3, 0.4) is 0 Å². The third-order valence-electron chi connectivity index (χ3n) is 3.00. The van der Waals surface area contributed by atoms with Crippen molar-refractivity contribution in [3.05, 3.63) is 30.4 Å². The van der Waals surface area contributed by atoms with Gasteiger partial charge in [-0.3, -0.25) is 4.98 Å². The Morgan fingerprint density at radius 1 is 1.37 bits per heavy atom. The number of nitrogens with one attached hydrogen (secondary N) is 1. The highest BCUT2D eigenvalue weighted by atomic mass is 16.5. The van der Waals surface area contributed by atoms with Gasteiger partial charge in [-0.1, -0.05) is 0 Å². The molecule has 0 aliphatic rings. The summed E-state index contributed by atoms with van der Waals surface area (Å²) in [7, 11) is 3.82. The van der Waals surface area contributed by atoms with Crippen LogP contribution in [0.5, 0.6) is 0 Å². The van der Waals surface area contributed by atoms with Crippen molar-refractivity contribution in [3.8, 4) is 0 Å². The van der Waals surface area contributed by atoms with Gasteiger partial charge in [-0.15, -0.1) is 0 Å². The van der Waals surface area contributed by atoms with Gasteiger partial charge >= 0.3 is 0 Å². The maximum atomic E-state index is 4.99. The molecule has 2 aromatic heterocycles. The fourth-order valence-corrected chi connectivity index (χ4v) is 1.94. The van der Waals surface area contributed by atoms with Crippen LogP contribution >= 0.6 is 0 Å². The van der Waals surface area contributed by atoms with E-state index in [1.54, 1.807) is 13.3 Å². The molecule has 0 aliphatic heterocycles. The van der Waals surface area contributed by atoms with Crippen LogP contribution < -0.4 is 5.32 Å². The van der Waals surface area contributed by atoms with E-state index in [4.69, 9.17) is 4.74 Å². The highest BCUT2D eigenvalue weighted by Crippen LogP contribution is 2.10. The predicted octanol–water partition coefficient (Wildman–Crippen LogP) is 0.397. The summed E-state index contributed by atoms with van der Waals surface area (Å²) < 4.78 is 6.84. The minimum Gasteiger partial charge on any atom is -0.383 e. The van der Waals surface area contributed by atoms with Crippen molar-refractivity contribution in [2.75, 3.05) is 40.4 Å². The number of aromatic nitrogens is 3. The van der Waals surface area contributed by atoms with E-state index in [0.29, 0.717) is 0 Å². The standard InChI is InChI=1S/C13H21N5O/c1-17(6-3-14-5-8-19-2)11-12-9-16-18-7-4-15-10-13(12)18/h4,7,9-10,14H,3,5-6,8,11H2,1-2H3. The van der Waals surface area contributed by atoms with Crippen LogP contribution in [-0.2, 0) is 11.3 Å². The number of methoxy groups -OCH3 is 1. The van der Waals surface area contributed by atoms with Crippen molar-refractivity contribution >= 4 is 5.52 Å². The van der Waals surface area contributed by atoms with Crippen molar-refractivity contribution in [1.29, 1.82) is 0 Å². The molecule has 0 aromatic carbocycles. The van der Waals surface area contributed by atoms with E-state index in [1.807, 2.05) is 23.1 Å². The van der Waals surface area contributed by atoms with Gasteiger partial charge < -0.3 is 15.0 Å². The fourth-order valence-electron chi connectivity index (χ4n) is 1.94. The predicted molar refractivity (Wildman–Crippen MR) is 74.1 cm³/mol. The van der Waals surface area contributed by atoms with Gasteiger partial charge in [-0.2, -0.15) is 5.10 Å². The fraction of sp³-hybridized carbons (Fsp3) is 0.538. The summed E-state index contributed by atoms with van der Waals surface area (Å²) in [6.07, 6.45) is 7.37. The summed E-state index contributed by atoms with van der Waals surface area (Å²) in [6, 6.07) is 0. The van der Waals surface area contributed by atoms with Gasteiger partial charge in [0.1, 0.15) is 0 Å². The van der Waals surface area contributed by atoms with E-state index in [9.17, 15) is 0 Å². The zero-order chi connectivity index (χ0) is 13.5. The Morgan fingerprint density at radius 2 is 2.26 bits per heavy atom. The lowest BCUT2D eigenvalue weighted by molar-refractivity contribution is 0.197. The zero-order valence-corrected chi connectivity index (χ0v) is 11.5. The highest BCUT2D eigenvalue weighted by molar-refractivity contribution is 5.51. The molecule has 0 amide bonds. The Morgan fingerprint density at radius 3 is 3.11 bits per heavy atom. The van der Waals surface area contributed by atoms with Crippen LogP contribution in [0.15, 0.2) is 24.8 Å². The first-order chi connectivity index (χ1) is 9.31. The molecule has 6 heteroatoms. The average molecular weight is 263 g/mol. The number of likely N-dealkylation sites (N-methyl/N-ethyl adjacent to an activating group) is 1. The second kappa shape index (κ2) is 7.18. The first-order valence-electron chi connectivity index (χ1n) is 6.45. The molecule has 0 atom stereocenters.